The van der Waals surface area contributed by atoms with E-state index >= 15 is 0 Å². The number of benzene rings is 2. The Bertz CT molecular complexity index is 1230. The first-order valence-electron chi connectivity index (χ1n) is 8.58. The van der Waals surface area contributed by atoms with E-state index in [1.807, 2.05) is 6.07 Å². The van der Waals surface area contributed by atoms with Crippen LogP contribution in [-0.2, 0) is 4.79 Å². The Kier molecular flexibility index (Phi) is 4.66. The fraction of sp³-hybridized carbons (Fsp3) is 0.100. The lowest BCUT2D eigenvalue weighted by Gasteiger charge is -2.29. The van der Waals surface area contributed by atoms with Crippen molar-refractivity contribution in [2.75, 3.05) is 7.05 Å². The van der Waals surface area contributed by atoms with Gasteiger partial charge in [0.2, 0.25) is 12.1 Å². The summed E-state index contributed by atoms with van der Waals surface area (Å²) in [7, 11) is 1.41. The highest BCUT2D eigenvalue weighted by Gasteiger charge is 2.40. The van der Waals surface area contributed by atoms with Crippen molar-refractivity contribution >= 4 is 23.4 Å². The molecule has 2 aromatic carbocycles. The molecule has 4 rings (SSSR count). The third kappa shape index (κ3) is 3.17. The fourth-order valence-corrected chi connectivity index (χ4v) is 3.27. The number of nitriles is 1. The minimum absolute atomic E-state index is 0.0211. The summed E-state index contributed by atoms with van der Waals surface area (Å²) in [5.74, 6) is -1.82. The Morgan fingerprint density at radius 3 is 2.45 bits per heavy atom. The highest BCUT2D eigenvalue weighted by Crippen LogP contribution is 2.31. The summed E-state index contributed by atoms with van der Waals surface area (Å²) in [5.41, 5.74) is 1.33. The Morgan fingerprint density at radius 1 is 1.10 bits per heavy atom. The number of halogens is 1. The number of hydrogen-bond donors (Lipinski definition) is 0. The molecule has 1 aromatic heterocycles. The Labute approximate surface area is 170 Å². The van der Waals surface area contributed by atoms with E-state index < -0.39 is 17.7 Å². The quantitative estimate of drug-likeness (QED) is 0.480. The van der Waals surface area contributed by atoms with E-state index in [1.54, 1.807) is 54.7 Å². The maximum absolute atomic E-state index is 12.9. The molecule has 9 heteroatoms. The van der Waals surface area contributed by atoms with Crippen LogP contribution >= 0.6 is 11.6 Å². The predicted octanol–water partition coefficient (Wildman–Crippen LogP) is 2.05. The van der Waals surface area contributed by atoms with Crippen LogP contribution in [0, 0.1) is 11.5 Å². The summed E-state index contributed by atoms with van der Waals surface area (Å²) in [4.78, 5) is 34.8. The smallest absolute Gasteiger partial charge is 0.279 e. The van der Waals surface area contributed by atoms with Crippen molar-refractivity contribution in [1.82, 2.24) is 19.7 Å². The number of carbonyl (C=O) groups excluding carboxylic acids is 2. The zero-order chi connectivity index (χ0) is 20.5. The summed E-state index contributed by atoms with van der Waals surface area (Å²) in [6.45, 7) is 0. The van der Waals surface area contributed by atoms with Gasteiger partial charge in [-0.1, -0.05) is 41.9 Å². The number of amides is 2. The lowest BCUT2D eigenvalue weighted by Crippen LogP contribution is -2.46. The minimum atomic E-state index is -0.825. The van der Waals surface area contributed by atoms with Crippen LogP contribution in [0.25, 0.3) is 5.69 Å². The Morgan fingerprint density at radius 2 is 1.79 bits per heavy atom. The molecular formula is C20H13ClN6O2. The van der Waals surface area contributed by atoms with Crippen LogP contribution in [-0.4, -0.2) is 38.5 Å². The molecule has 0 saturated heterocycles. The standard InChI is InChI=1S/C20H13ClN6O2/c1-26-18(28)15(12-5-3-2-4-6-12)16-17(19(26)29)25-27(20(24-16)23-11-22)14-9-7-13(21)8-10-14/h2-10,15H,1H3. The van der Waals surface area contributed by atoms with E-state index in [1.165, 1.54) is 11.7 Å². The van der Waals surface area contributed by atoms with Gasteiger partial charge >= 0.3 is 0 Å². The molecular weight excluding hydrogens is 392 g/mol. The van der Waals surface area contributed by atoms with Crippen molar-refractivity contribution < 1.29 is 9.59 Å². The van der Waals surface area contributed by atoms with Crippen molar-refractivity contribution in [3.63, 3.8) is 0 Å². The Balaban J connectivity index is 2.01. The summed E-state index contributed by atoms with van der Waals surface area (Å²) >= 11 is 5.94. The second-order valence-corrected chi connectivity index (χ2v) is 6.73. The number of fused-ring (bicyclic) bond motifs is 1. The van der Waals surface area contributed by atoms with E-state index in [2.05, 4.69) is 15.1 Å². The molecule has 0 bridgehead atoms. The van der Waals surface area contributed by atoms with Crippen LogP contribution in [0.1, 0.15) is 27.7 Å². The first-order chi connectivity index (χ1) is 14.0. The van der Waals surface area contributed by atoms with Gasteiger partial charge in [0.05, 0.1) is 11.4 Å². The van der Waals surface area contributed by atoms with Crippen LogP contribution in [0.4, 0.5) is 0 Å². The number of aromatic nitrogens is 3. The summed E-state index contributed by atoms with van der Waals surface area (Å²) in [6.07, 6.45) is 1.69. The van der Waals surface area contributed by atoms with Crippen molar-refractivity contribution in [3.8, 4) is 11.9 Å². The van der Waals surface area contributed by atoms with Crippen molar-refractivity contribution in [2.45, 2.75) is 5.92 Å². The largest absolute Gasteiger partial charge is 0.282 e. The molecule has 1 aliphatic heterocycles. The molecule has 0 saturated carbocycles. The van der Waals surface area contributed by atoms with Gasteiger partial charge in [-0.05, 0) is 29.8 Å². The normalized spacial score (nSPS) is 16.5. The molecule has 29 heavy (non-hydrogen) atoms. The van der Waals surface area contributed by atoms with E-state index in [-0.39, 0.29) is 17.0 Å². The third-order valence-corrected chi connectivity index (χ3v) is 4.82. The highest BCUT2D eigenvalue weighted by molar-refractivity contribution is 6.30. The van der Waals surface area contributed by atoms with E-state index in [0.717, 1.165) is 4.90 Å². The van der Waals surface area contributed by atoms with Gasteiger partial charge < -0.3 is 0 Å². The van der Waals surface area contributed by atoms with Gasteiger partial charge in [0.25, 0.3) is 11.5 Å². The lowest BCUT2D eigenvalue weighted by atomic mass is 9.90. The van der Waals surface area contributed by atoms with Crippen LogP contribution in [0.3, 0.4) is 0 Å². The monoisotopic (exact) mass is 404 g/mol. The number of likely N-dealkylation sites (N-methyl/N-ethyl adjacent to an activating group) is 1. The molecule has 0 N–H and O–H groups in total. The average Bonchev–Trinajstić information content (AvgIpc) is 2.74. The number of carbonyl (C=O) groups is 2. The van der Waals surface area contributed by atoms with Gasteiger partial charge in [0, 0.05) is 12.1 Å². The average molecular weight is 405 g/mol. The third-order valence-electron chi connectivity index (χ3n) is 4.56. The van der Waals surface area contributed by atoms with Crippen LogP contribution < -0.4 is 5.62 Å². The molecule has 1 aliphatic rings. The van der Waals surface area contributed by atoms with Crippen molar-refractivity contribution in [2.24, 2.45) is 4.99 Å². The number of rotatable bonds is 2. The van der Waals surface area contributed by atoms with Crippen LogP contribution in [0.5, 0.6) is 0 Å². The minimum Gasteiger partial charge on any atom is -0.279 e. The second-order valence-electron chi connectivity index (χ2n) is 6.29. The lowest BCUT2D eigenvalue weighted by molar-refractivity contribution is -0.128. The Hall–Kier alpha value is -3.83. The molecule has 3 aromatic rings. The number of imide groups is 1. The zero-order valence-electron chi connectivity index (χ0n) is 15.2. The predicted molar refractivity (Wildman–Crippen MR) is 103 cm³/mol. The van der Waals surface area contributed by atoms with Gasteiger partial charge in [-0.2, -0.15) is 15.0 Å². The SMILES string of the molecule is CN1C(=O)c2nn(-c3ccc(Cl)cc3)c(=NC#N)nc2C(c2ccccc2)C1=O. The van der Waals surface area contributed by atoms with Crippen LogP contribution in [0.2, 0.25) is 5.02 Å². The highest BCUT2D eigenvalue weighted by atomic mass is 35.5. The summed E-state index contributed by atoms with van der Waals surface area (Å²) in [5, 5.41) is 14.0. The van der Waals surface area contributed by atoms with Crippen LogP contribution in [0.15, 0.2) is 59.6 Å². The van der Waals surface area contributed by atoms with Gasteiger partial charge in [-0.25, -0.2) is 4.98 Å². The summed E-state index contributed by atoms with van der Waals surface area (Å²) in [6, 6.07) is 15.6. The van der Waals surface area contributed by atoms with Crippen molar-refractivity contribution in [1.29, 1.82) is 5.26 Å². The second kappa shape index (κ2) is 7.30. The summed E-state index contributed by atoms with van der Waals surface area (Å²) < 4.78 is 1.28. The molecule has 0 radical (unpaired) electrons. The van der Waals surface area contributed by atoms with E-state index in [0.29, 0.717) is 16.3 Å². The number of nitrogens with zero attached hydrogens (tertiary/aromatic N) is 6. The maximum atomic E-state index is 12.9. The van der Waals surface area contributed by atoms with Gasteiger partial charge in [-0.3, -0.25) is 14.5 Å². The zero-order valence-corrected chi connectivity index (χ0v) is 15.9. The molecule has 8 nitrogen and oxygen atoms in total. The maximum Gasteiger partial charge on any atom is 0.282 e. The van der Waals surface area contributed by atoms with E-state index in [4.69, 9.17) is 16.9 Å². The first kappa shape index (κ1) is 18.5. The molecule has 142 valence electrons. The first-order valence-corrected chi connectivity index (χ1v) is 8.96. The van der Waals surface area contributed by atoms with Crippen molar-refractivity contribution in [3.05, 3.63) is 82.2 Å². The van der Waals surface area contributed by atoms with Gasteiger partial charge in [0.1, 0.15) is 5.92 Å². The van der Waals surface area contributed by atoms with Gasteiger partial charge in [0.15, 0.2) is 5.69 Å². The number of hydrogen-bond acceptors (Lipinski definition) is 6. The topological polar surface area (TPSA) is 104 Å². The molecule has 1 unspecified atom stereocenters. The molecule has 1 atom stereocenters. The molecule has 0 fully saturated rings. The molecule has 2 heterocycles. The molecule has 2 amide bonds. The fourth-order valence-electron chi connectivity index (χ4n) is 3.15. The molecule has 0 aliphatic carbocycles. The van der Waals surface area contributed by atoms with Gasteiger partial charge in [-0.15, -0.1) is 4.99 Å². The van der Waals surface area contributed by atoms with E-state index in [9.17, 15) is 9.59 Å². The molecule has 0 spiro atoms.